The van der Waals surface area contributed by atoms with Gasteiger partial charge in [0, 0.05) is 0 Å². The third kappa shape index (κ3) is 4.87. The van der Waals surface area contributed by atoms with Gasteiger partial charge in [-0.3, -0.25) is 0 Å². The molecule has 0 atom stereocenters. The van der Waals surface area contributed by atoms with Crippen molar-refractivity contribution < 1.29 is 19.1 Å². The van der Waals surface area contributed by atoms with E-state index < -0.39 is 18.8 Å². The lowest BCUT2D eigenvalue weighted by Crippen LogP contribution is -2.39. The van der Waals surface area contributed by atoms with Crippen LogP contribution >= 0.6 is 6.89 Å². The SMILES string of the molecule is CCOC(=O)C(C(=O)OCC(C)C)=P(c1ccccc1)(c1ccccc1)c1ccccc1. The van der Waals surface area contributed by atoms with E-state index in [4.69, 9.17) is 9.47 Å². The van der Waals surface area contributed by atoms with Gasteiger partial charge in [-0.15, -0.1) is 0 Å². The van der Waals surface area contributed by atoms with Crippen molar-refractivity contribution in [3.63, 3.8) is 0 Å². The second-order valence-corrected chi connectivity index (χ2v) is 11.1. The fraction of sp³-hybridized carbons (Fsp3) is 0.222. The fourth-order valence-corrected chi connectivity index (χ4v) is 7.86. The predicted molar refractivity (Wildman–Crippen MR) is 133 cm³/mol. The van der Waals surface area contributed by atoms with Crippen LogP contribution in [0.15, 0.2) is 91.0 Å². The Balaban J connectivity index is 2.52. The van der Waals surface area contributed by atoms with Crippen LogP contribution in [0.5, 0.6) is 0 Å². The summed E-state index contributed by atoms with van der Waals surface area (Å²) in [5.74, 6) is -1.12. The number of carbonyl (C=O) groups is 2. The van der Waals surface area contributed by atoms with Crippen molar-refractivity contribution in [1.29, 1.82) is 0 Å². The van der Waals surface area contributed by atoms with Crippen molar-refractivity contribution in [2.75, 3.05) is 13.2 Å². The summed E-state index contributed by atoms with van der Waals surface area (Å²) >= 11 is 0. The van der Waals surface area contributed by atoms with Gasteiger partial charge in [-0.1, -0.05) is 105 Å². The Morgan fingerprint density at radius 3 is 1.41 bits per heavy atom. The van der Waals surface area contributed by atoms with Gasteiger partial charge in [0.2, 0.25) is 0 Å². The summed E-state index contributed by atoms with van der Waals surface area (Å²) in [5, 5.41) is 2.73. The number of ether oxygens (including phenoxy) is 2. The topological polar surface area (TPSA) is 52.6 Å². The average Bonchev–Trinajstić information content (AvgIpc) is 2.82. The zero-order valence-electron chi connectivity index (χ0n) is 18.7. The van der Waals surface area contributed by atoms with Gasteiger partial charge in [0.15, 0.2) is 5.29 Å². The fourth-order valence-electron chi connectivity index (χ4n) is 3.66. The molecule has 0 aromatic heterocycles. The summed E-state index contributed by atoms with van der Waals surface area (Å²) in [7, 11) is 0. The first-order valence-electron chi connectivity index (χ1n) is 10.8. The minimum Gasteiger partial charge on any atom is -0.462 e. The summed E-state index contributed by atoms with van der Waals surface area (Å²) in [4.78, 5) is 27.1. The highest BCUT2D eigenvalue weighted by molar-refractivity contribution is 7.97. The highest BCUT2D eigenvalue weighted by Crippen LogP contribution is 2.46. The van der Waals surface area contributed by atoms with Crippen LogP contribution < -0.4 is 15.9 Å². The molecule has 32 heavy (non-hydrogen) atoms. The summed E-state index contributed by atoms with van der Waals surface area (Å²) in [5.41, 5.74) is 0. The molecular formula is C27H29O4P. The summed E-state index contributed by atoms with van der Waals surface area (Å²) in [6, 6.07) is 29.2. The van der Waals surface area contributed by atoms with E-state index in [2.05, 4.69) is 0 Å². The molecule has 0 amide bonds. The lowest BCUT2D eigenvalue weighted by molar-refractivity contribution is -0.140. The maximum Gasteiger partial charge on any atom is 0.346 e. The molecule has 0 heterocycles. The molecule has 3 aromatic carbocycles. The molecule has 5 heteroatoms. The van der Waals surface area contributed by atoms with Gasteiger partial charge in [-0.2, -0.15) is 0 Å². The van der Waals surface area contributed by atoms with Crippen LogP contribution in [-0.2, 0) is 19.1 Å². The highest BCUT2D eigenvalue weighted by Gasteiger charge is 2.38. The zero-order chi connectivity index (χ0) is 23.0. The molecule has 4 nitrogen and oxygen atoms in total. The minimum atomic E-state index is -2.90. The largest absolute Gasteiger partial charge is 0.462 e. The Bertz CT molecular complexity index is 987. The molecule has 0 unspecified atom stereocenters. The molecule has 0 aliphatic carbocycles. The molecule has 3 rings (SSSR count). The molecule has 0 bridgehead atoms. The van der Waals surface area contributed by atoms with Crippen molar-refractivity contribution >= 4 is 40.0 Å². The first-order valence-corrected chi connectivity index (χ1v) is 12.6. The number of esters is 2. The standard InChI is InChI=1S/C27H29O4P/c1-4-30-26(28)25(27(29)31-20-21(2)3)32(22-14-8-5-9-15-22,23-16-10-6-11-17-23)24-18-12-7-13-19-24/h5-19,21H,4,20H2,1-3H3. The molecule has 0 fully saturated rings. The molecular weight excluding hydrogens is 419 g/mol. The van der Waals surface area contributed by atoms with Crippen LogP contribution in [0.4, 0.5) is 0 Å². The summed E-state index contributed by atoms with van der Waals surface area (Å²) < 4.78 is 11.1. The minimum absolute atomic E-state index is 0.0589. The van der Waals surface area contributed by atoms with Gasteiger partial charge in [-0.25, -0.2) is 9.59 Å². The van der Waals surface area contributed by atoms with Crippen molar-refractivity contribution in [2.24, 2.45) is 5.92 Å². The molecule has 0 saturated carbocycles. The van der Waals surface area contributed by atoms with E-state index in [1.54, 1.807) is 6.92 Å². The Morgan fingerprint density at radius 2 is 1.06 bits per heavy atom. The van der Waals surface area contributed by atoms with Crippen LogP contribution in [0, 0.1) is 5.92 Å². The lowest BCUT2D eigenvalue weighted by Gasteiger charge is -2.31. The Morgan fingerprint density at radius 1 is 0.688 bits per heavy atom. The average molecular weight is 448 g/mol. The second kappa shape index (κ2) is 11.0. The lowest BCUT2D eigenvalue weighted by atomic mass is 10.2. The number of carbonyl (C=O) groups excluding carboxylic acids is 2. The molecule has 0 spiro atoms. The maximum absolute atomic E-state index is 13.6. The highest BCUT2D eigenvalue weighted by atomic mass is 31.2. The Kier molecular flexibility index (Phi) is 8.08. The smallest absolute Gasteiger partial charge is 0.346 e. The molecule has 0 aliphatic heterocycles. The van der Waals surface area contributed by atoms with E-state index in [0.29, 0.717) is 0 Å². The summed E-state index contributed by atoms with van der Waals surface area (Å²) in [6.45, 7) is 3.16. The van der Waals surface area contributed by atoms with E-state index in [0.717, 1.165) is 15.9 Å². The monoisotopic (exact) mass is 448 g/mol. The van der Waals surface area contributed by atoms with Gasteiger partial charge >= 0.3 is 11.9 Å². The van der Waals surface area contributed by atoms with Crippen LogP contribution in [0.3, 0.4) is 0 Å². The molecule has 3 aromatic rings. The third-order valence-electron chi connectivity index (χ3n) is 4.98. The number of hydrogen-bond acceptors (Lipinski definition) is 4. The number of benzene rings is 3. The first kappa shape index (κ1) is 23.6. The van der Waals surface area contributed by atoms with E-state index in [-0.39, 0.29) is 24.4 Å². The van der Waals surface area contributed by atoms with E-state index in [9.17, 15) is 9.59 Å². The van der Waals surface area contributed by atoms with Crippen molar-refractivity contribution in [3.05, 3.63) is 91.0 Å². The zero-order valence-corrected chi connectivity index (χ0v) is 19.6. The third-order valence-corrected chi connectivity index (χ3v) is 9.23. The Hall–Kier alpha value is -3.10. The molecule has 0 aliphatic rings. The van der Waals surface area contributed by atoms with Crippen LogP contribution in [0.2, 0.25) is 0 Å². The second-order valence-electron chi connectivity index (χ2n) is 7.74. The molecule has 0 saturated heterocycles. The van der Waals surface area contributed by atoms with Gasteiger partial charge < -0.3 is 9.47 Å². The number of hydrogen-bond donors (Lipinski definition) is 0. The molecule has 166 valence electrons. The normalized spacial score (nSPS) is 11.1. The maximum atomic E-state index is 13.6. The van der Waals surface area contributed by atoms with Crippen LogP contribution in [-0.4, -0.2) is 30.4 Å². The van der Waals surface area contributed by atoms with Crippen molar-refractivity contribution in [3.8, 4) is 0 Å². The van der Waals surface area contributed by atoms with Crippen LogP contribution in [0.1, 0.15) is 20.8 Å². The first-order chi connectivity index (χ1) is 15.5. The Labute approximate surface area is 190 Å². The van der Waals surface area contributed by atoms with Gasteiger partial charge in [0.25, 0.3) is 0 Å². The van der Waals surface area contributed by atoms with Crippen molar-refractivity contribution in [2.45, 2.75) is 20.8 Å². The van der Waals surface area contributed by atoms with E-state index >= 15 is 0 Å². The molecule has 0 N–H and O–H groups in total. The van der Waals surface area contributed by atoms with Gasteiger partial charge in [0.05, 0.1) is 13.2 Å². The van der Waals surface area contributed by atoms with E-state index in [1.165, 1.54) is 0 Å². The number of rotatable bonds is 8. The quantitative estimate of drug-likeness (QED) is 0.298. The van der Waals surface area contributed by atoms with Gasteiger partial charge in [0.1, 0.15) is 0 Å². The van der Waals surface area contributed by atoms with Crippen molar-refractivity contribution in [1.82, 2.24) is 0 Å². The molecule has 0 radical (unpaired) electrons. The van der Waals surface area contributed by atoms with E-state index in [1.807, 2.05) is 105 Å². The summed E-state index contributed by atoms with van der Waals surface area (Å²) in [6.07, 6.45) is 0. The van der Waals surface area contributed by atoms with Crippen LogP contribution in [0.25, 0.3) is 0 Å². The predicted octanol–water partition coefficient (Wildman–Crippen LogP) is 3.92. The van der Waals surface area contributed by atoms with Gasteiger partial charge in [-0.05, 0) is 35.6 Å².